The summed E-state index contributed by atoms with van der Waals surface area (Å²) in [6.07, 6.45) is 9.20. The zero-order valence-electron chi connectivity index (χ0n) is 8.93. The normalized spacial score (nSPS) is 19.2. The molecule has 0 unspecified atom stereocenters. The van der Waals surface area contributed by atoms with Gasteiger partial charge in [-0.25, -0.2) is 0 Å². The van der Waals surface area contributed by atoms with E-state index in [1.165, 1.54) is 32.1 Å². The van der Waals surface area contributed by atoms with Crippen LogP contribution in [0.2, 0.25) is 0 Å². The first-order chi connectivity index (χ1) is 5.67. The largest absolute Gasteiger partial charge is 1.00 e. The van der Waals surface area contributed by atoms with Crippen LogP contribution in [-0.2, 0) is 0 Å². The predicted molar refractivity (Wildman–Crippen MR) is 54.0 cm³/mol. The van der Waals surface area contributed by atoms with Crippen molar-refractivity contribution in [3.8, 4) is 0 Å². The van der Waals surface area contributed by atoms with Gasteiger partial charge in [0, 0.05) is 0 Å². The summed E-state index contributed by atoms with van der Waals surface area (Å²) in [4.78, 5) is 0. The molecule has 0 aliphatic heterocycles. The molecule has 0 radical (unpaired) electrons. The Balaban J connectivity index is 0.00000144. The summed E-state index contributed by atoms with van der Waals surface area (Å²) < 4.78 is 1.14. The van der Waals surface area contributed by atoms with Crippen molar-refractivity contribution >= 4 is 0 Å². The molecule has 0 N–H and O–H groups in total. The number of quaternary nitrogens is 1. The quantitative estimate of drug-likeness (QED) is 0.432. The van der Waals surface area contributed by atoms with Crippen LogP contribution in [0.25, 0.3) is 0 Å². The van der Waals surface area contributed by atoms with E-state index >= 15 is 0 Å². The van der Waals surface area contributed by atoms with E-state index in [4.69, 9.17) is 0 Å². The number of hydrogen-bond acceptors (Lipinski definition) is 0. The lowest BCUT2D eigenvalue weighted by Gasteiger charge is -2.39. The molecule has 1 nitrogen and oxygen atoms in total. The lowest BCUT2D eigenvalue weighted by Crippen LogP contribution is -3.00. The molecule has 1 fully saturated rings. The maximum atomic E-state index is 3.83. The number of halogens is 1. The summed E-state index contributed by atoms with van der Waals surface area (Å²) in [6.45, 7) is 4.94. The molecule has 0 aromatic rings. The van der Waals surface area contributed by atoms with E-state index in [1.807, 2.05) is 0 Å². The molecule has 0 bridgehead atoms. The van der Waals surface area contributed by atoms with Crippen molar-refractivity contribution in [1.82, 2.24) is 0 Å². The highest BCUT2D eigenvalue weighted by Gasteiger charge is 2.28. The smallest absolute Gasteiger partial charge is 0.0969 e. The molecule has 78 valence electrons. The molecule has 0 spiro atoms. The highest BCUT2D eigenvalue weighted by molar-refractivity contribution is 4.70. The van der Waals surface area contributed by atoms with Crippen LogP contribution < -0.4 is 12.4 Å². The second-order valence-corrected chi connectivity index (χ2v) is 4.54. The maximum absolute atomic E-state index is 3.83. The van der Waals surface area contributed by atoms with E-state index in [0.29, 0.717) is 0 Å². The Morgan fingerprint density at radius 1 is 1.23 bits per heavy atom. The van der Waals surface area contributed by atoms with Crippen LogP contribution in [0.1, 0.15) is 32.1 Å². The van der Waals surface area contributed by atoms with Crippen molar-refractivity contribution in [3.05, 3.63) is 12.7 Å². The van der Waals surface area contributed by atoms with Crippen LogP contribution in [0.4, 0.5) is 0 Å². The fraction of sp³-hybridized carbons (Fsp3) is 0.818. The van der Waals surface area contributed by atoms with Gasteiger partial charge in [-0.05, 0) is 31.8 Å². The predicted octanol–water partition coefficient (Wildman–Crippen LogP) is -0.414. The van der Waals surface area contributed by atoms with E-state index in [2.05, 4.69) is 26.8 Å². The van der Waals surface area contributed by atoms with Crippen molar-refractivity contribution in [1.29, 1.82) is 0 Å². The van der Waals surface area contributed by atoms with Gasteiger partial charge in [0.2, 0.25) is 0 Å². The van der Waals surface area contributed by atoms with Gasteiger partial charge < -0.3 is 16.9 Å². The molecular formula is C11H22ClN. The average molecular weight is 204 g/mol. The summed E-state index contributed by atoms with van der Waals surface area (Å²) in [6, 6.07) is 0.886. The van der Waals surface area contributed by atoms with Crippen molar-refractivity contribution in [2.45, 2.75) is 38.1 Å². The fourth-order valence-electron chi connectivity index (χ4n) is 2.26. The summed E-state index contributed by atoms with van der Waals surface area (Å²) in [5, 5.41) is 0. The third kappa shape index (κ3) is 3.70. The number of nitrogens with zero attached hydrogens (tertiary/aromatic N) is 1. The third-order valence-corrected chi connectivity index (χ3v) is 3.16. The summed E-state index contributed by atoms with van der Waals surface area (Å²) >= 11 is 0. The molecule has 1 aliphatic carbocycles. The van der Waals surface area contributed by atoms with Gasteiger partial charge in [-0.15, -0.1) is 0 Å². The summed E-state index contributed by atoms with van der Waals surface area (Å²) in [5.41, 5.74) is 0. The van der Waals surface area contributed by atoms with Gasteiger partial charge in [0.1, 0.15) is 0 Å². The van der Waals surface area contributed by atoms with E-state index < -0.39 is 0 Å². The zero-order chi connectivity index (χ0) is 9.03. The Morgan fingerprint density at radius 2 is 1.77 bits per heavy atom. The molecule has 1 aliphatic rings. The number of rotatable bonds is 3. The van der Waals surface area contributed by atoms with Gasteiger partial charge in [-0.1, -0.05) is 13.0 Å². The van der Waals surface area contributed by atoms with E-state index in [0.717, 1.165) is 17.1 Å². The standard InChI is InChI=1S/C11H22N.ClH/c1-4-10-12(2,3)11-8-6-5-7-9-11;/h4,11H,1,5-10H2,2-3H3;1H/q+1;/p-1. The first-order valence-electron chi connectivity index (χ1n) is 5.10. The van der Waals surface area contributed by atoms with Gasteiger partial charge in [-0.3, -0.25) is 0 Å². The zero-order valence-corrected chi connectivity index (χ0v) is 9.69. The first-order valence-corrected chi connectivity index (χ1v) is 5.10. The van der Waals surface area contributed by atoms with Crippen LogP contribution in [0.3, 0.4) is 0 Å². The molecule has 0 heterocycles. The van der Waals surface area contributed by atoms with Gasteiger partial charge in [-0.2, -0.15) is 0 Å². The van der Waals surface area contributed by atoms with E-state index in [-0.39, 0.29) is 12.4 Å². The molecule has 0 aromatic heterocycles. The van der Waals surface area contributed by atoms with E-state index in [9.17, 15) is 0 Å². The molecule has 1 saturated carbocycles. The summed E-state index contributed by atoms with van der Waals surface area (Å²) in [7, 11) is 4.66. The Morgan fingerprint density at radius 3 is 2.23 bits per heavy atom. The fourth-order valence-corrected chi connectivity index (χ4v) is 2.26. The van der Waals surface area contributed by atoms with Gasteiger partial charge in [0.15, 0.2) is 0 Å². The Labute approximate surface area is 88.8 Å². The summed E-state index contributed by atoms with van der Waals surface area (Å²) in [5.74, 6) is 0. The minimum atomic E-state index is 0. The minimum Gasteiger partial charge on any atom is -1.00 e. The maximum Gasteiger partial charge on any atom is 0.0969 e. The van der Waals surface area contributed by atoms with Crippen LogP contribution in [0, 0.1) is 0 Å². The van der Waals surface area contributed by atoms with Crippen molar-refractivity contribution < 1.29 is 16.9 Å². The highest BCUT2D eigenvalue weighted by Crippen LogP contribution is 2.25. The Hall–Kier alpha value is -0.0100. The molecule has 2 heteroatoms. The van der Waals surface area contributed by atoms with Crippen molar-refractivity contribution in [2.75, 3.05) is 20.6 Å². The topological polar surface area (TPSA) is 0 Å². The second-order valence-electron chi connectivity index (χ2n) is 4.54. The molecule has 0 saturated heterocycles. The van der Waals surface area contributed by atoms with Crippen LogP contribution in [-0.4, -0.2) is 31.2 Å². The molecule has 0 amide bonds. The number of likely N-dealkylation sites (N-methyl/N-ethyl adjacent to an activating group) is 1. The monoisotopic (exact) mass is 203 g/mol. The van der Waals surface area contributed by atoms with Crippen molar-refractivity contribution in [3.63, 3.8) is 0 Å². The van der Waals surface area contributed by atoms with Gasteiger partial charge in [0.25, 0.3) is 0 Å². The molecule has 1 rings (SSSR count). The lowest BCUT2D eigenvalue weighted by molar-refractivity contribution is -0.910. The van der Waals surface area contributed by atoms with Crippen molar-refractivity contribution in [2.24, 2.45) is 0 Å². The Kier molecular flexibility index (Phi) is 5.66. The van der Waals surface area contributed by atoms with E-state index in [1.54, 1.807) is 0 Å². The van der Waals surface area contributed by atoms with Crippen LogP contribution in [0.15, 0.2) is 12.7 Å². The molecular weight excluding hydrogens is 182 g/mol. The minimum absolute atomic E-state index is 0. The molecule has 0 aromatic carbocycles. The lowest BCUT2D eigenvalue weighted by atomic mass is 9.93. The molecule has 13 heavy (non-hydrogen) atoms. The third-order valence-electron chi connectivity index (χ3n) is 3.16. The number of hydrogen-bond donors (Lipinski definition) is 0. The first kappa shape index (κ1) is 13.0. The Bertz CT molecular complexity index is 148. The highest BCUT2D eigenvalue weighted by atomic mass is 35.5. The second kappa shape index (κ2) is 5.66. The van der Waals surface area contributed by atoms with Crippen LogP contribution >= 0.6 is 0 Å². The van der Waals surface area contributed by atoms with Gasteiger partial charge >= 0.3 is 0 Å². The van der Waals surface area contributed by atoms with Crippen LogP contribution in [0.5, 0.6) is 0 Å². The van der Waals surface area contributed by atoms with Gasteiger partial charge in [0.05, 0.1) is 26.7 Å². The molecule has 0 atom stereocenters. The average Bonchev–Trinajstić information content (AvgIpc) is 2.06. The SMILES string of the molecule is C=CC[N+](C)(C)C1CCCCC1.[Cl-].